The minimum Gasteiger partial charge on any atom is -0.478 e. The van der Waals surface area contributed by atoms with Crippen molar-refractivity contribution in [3.63, 3.8) is 0 Å². The smallest absolute Gasteiger partial charge is 0.347 e. The summed E-state index contributed by atoms with van der Waals surface area (Å²) < 4.78 is 14.0. The van der Waals surface area contributed by atoms with Gasteiger partial charge in [-0.25, -0.2) is 14.3 Å². The largest absolute Gasteiger partial charge is 0.478 e. The quantitative estimate of drug-likeness (QED) is 0.244. The van der Waals surface area contributed by atoms with Gasteiger partial charge < -0.3 is 14.6 Å². The summed E-state index contributed by atoms with van der Waals surface area (Å²) in [5, 5.41) is 13.7. The van der Waals surface area contributed by atoms with Crippen molar-refractivity contribution in [2.75, 3.05) is 0 Å². The van der Waals surface area contributed by atoms with Crippen molar-refractivity contribution in [3.05, 3.63) is 81.5 Å². The Morgan fingerprint density at radius 2 is 1.63 bits per heavy atom. The maximum atomic E-state index is 13.1. The summed E-state index contributed by atoms with van der Waals surface area (Å²) in [6.45, 7) is 7.83. The zero-order chi connectivity index (χ0) is 27.7. The van der Waals surface area contributed by atoms with Crippen LogP contribution in [-0.4, -0.2) is 37.0 Å². The van der Waals surface area contributed by atoms with Gasteiger partial charge in [0.1, 0.15) is 5.75 Å². The maximum Gasteiger partial charge on any atom is 0.347 e. The lowest BCUT2D eigenvalue weighted by molar-refractivity contribution is -0.152. The molecular weight excluding hydrogens is 486 g/mol. The molecule has 9 heteroatoms. The number of rotatable bonds is 14. The molecule has 0 unspecified atom stereocenters. The molecule has 0 aliphatic rings. The number of benzene rings is 2. The molecule has 0 fully saturated rings. The van der Waals surface area contributed by atoms with E-state index in [1.807, 2.05) is 31.2 Å². The van der Waals surface area contributed by atoms with E-state index in [2.05, 4.69) is 12.0 Å². The van der Waals surface area contributed by atoms with E-state index in [-0.39, 0.29) is 18.7 Å². The Morgan fingerprint density at radius 1 is 0.974 bits per heavy atom. The second-order valence-corrected chi connectivity index (χ2v) is 9.95. The van der Waals surface area contributed by atoms with Gasteiger partial charge in [-0.3, -0.25) is 9.36 Å². The van der Waals surface area contributed by atoms with E-state index in [0.717, 1.165) is 36.8 Å². The number of carboxylic acid groups (broad SMARTS) is 1. The van der Waals surface area contributed by atoms with Crippen molar-refractivity contribution >= 4 is 11.9 Å². The topological polar surface area (TPSA) is 113 Å². The van der Waals surface area contributed by atoms with Crippen LogP contribution in [0, 0.1) is 6.92 Å². The van der Waals surface area contributed by atoms with Crippen molar-refractivity contribution in [1.29, 1.82) is 0 Å². The number of carboxylic acids is 1. The van der Waals surface area contributed by atoms with Gasteiger partial charge in [-0.1, -0.05) is 68.1 Å². The first-order chi connectivity index (χ1) is 18.1. The number of hydrogen-bond donors (Lipinski definition) is 1. The number of carbonyl (C=O) groups is 2. The second-order valence-electron chi connectivity index (χ2n) is 9.95. The third-order valence-electron chi connectivity index (χ3n) is 6.21. The van der Waals surface area contributed by atoms with Crippen LogP contribution in [-0.2, 0) is 40.4 Å². The molecule has 1 heterocycles. The monoisotopic (exact) mass is 523 g/mol. The molecule has 0 saturated heterocycles. The average Bonchev–Trinajstić information content (AvgIpc) is 3.17. The highest BCUT2D eigenvalue weighted by molar-refractivity contribution is 5.76. The number of hydrogen-bond acceptors (Lipinski definition) is 6. The van der Waals surface area contributed by atoms with Gasteiger partial charge >= 0.3 is 17.6 Å². The molecule has 0 atom stereocenters. The molecule has 1 N–H and O–H groups in total. The van der Waals surface area contributed by atoms with Gasteiger partial charge in [-0.15, -0.1) is 0 Å². The summed E-state index contributed by atoms with van der Waals surface area (Å²) in [6, 6.07) is 14.6. The first-order valence-corrected chi connectivity index (χ1v) is 13.0. The fraction of sp³-hybridized carbons (Fsp3) is 0.448. The summed E-state index contributed by atoms with van der Waals surface area (Å²) in [4.78, 5) is 36.9. The summed E-state index contributed by atoms with van der Waals surface area (Å²) in [5.74, 6) is -0.717. The molecule has 204 valence electrons. The van der Waals surface area contributed by atoms with E-state index in [0.29, 0.717) is 30.2 Å². The molecule has 0 saturated carbocycles. The van der Waals surface area contributed by atoms with E-state index >= 15 is 0 Å². The Bertz CT molecular complexity index is 1270. The number of ether oxygens (including phenoxy) is 2. The Kier molecular flexibility index (Phi) is 9.87. The van der Waals surface area contributed by atoms with Gasteiger partial charge in [0.25, 0.3) is 0 Å². The molecule has 0 aliphatic heterocycles. The van der Waals surface area contributed by atoms with Crippen LogP contribution in [0.1, 0.15) is 69.0 Å². The summed E-state index contributed by atoms with van der Waals surface area (Å²) in [7, 11) is 0. The van der Waals surface area contributed by atoms with Crippen LogP contribution in [0.3, 0.4) is 0 Å². The molecule has 9 nitrogen and oxygen atoms in total. The number of nitrogens with zero attached hydrogens (tertiary/aromatic N) is 3. The van der Waals surface area contributed by atoms with Crippen molar-refractivity contribution < 1.29 is 24.2 Å². The SMILES string of the molecule is CCCCCCn1c(COC(=O)Cc2ccc(OC(C)(C)C(=O)O)cc2)nn(Cc2ccc(C)cc2)c1=O. The first-order valence-electron chi connectivity index (χ1n) is 13.0. The number of esters is 1. The van der Waals surface area contributed by atoms with Crippen LogP contribution >= 0.6 is 0 Å². The van der Waals surface area contributed by atoms with E-state index in [9.17, 15) is 19.5 Å². The summed E-state index contributed by atoms with van der Waals surface area (Å²) in [6.07, 6.45) is 4.06. The predicted octanol–water partition coefficient (Wildman–Crippen LogP) is 4.51. The third kappa shape index (κ3) is 8.06. The molecule has 0 amide bonds. The number of aryl methyl sites for hydroxylation is 1. The molecule has 0 bridgehead atoms. The van der Waals surface area contributed by atoms with Crippen LogP contribution in [0.15, 0.2) is 53.3 Å². The maximum absolute atomic E-state index is 13.1. The highest BCUT2D eigenvalue weighted by atomic mass is 16.5. The Hall–Kier alpha value is -3.88. The molecule has 38 heavy (non-hydrogen) atoms. The molecule has 3 rings (SSSR count). The fourth-order valence-electron chi connectivity index (χ4n) is 3.86. The van der Waals surface area contributed by atoms with Crippen LogP contribution in [0.25, 0.3) is 0 Å². The van der Waals surface area contributed by atoms with Gasteiger partial charge in [0.05, 0.1) is 13.0 Å². The third-order valence-corrected chi connectivity index (χ3v) is 6.21. The Morgan fingerprint density at radius 3 is 2.26 bits per heavy atom. The molecule has 2 aromatic carbocycles. The molecular formula is C29H37N3O6. The van der Waals surface area contributed by atoms with E-state index in [1.54, 1.807) is 28.8 Å². The minimum atomic E-state index is -1.37. The van der Waals surface area contributed by atoms with Crippen LogP contribution in [0.2, 0.25) is 0 Å². The highest BCUT2D eigenvalue weighted by Crippen LogP contribution is 2.20. The van der Waals surface area contributed by atoms with Crippen molar-refractivity contribution in [1.82, 2.24) is 14.3 Å². The first kappa shape index (κ1) is 28.7. The van der Waals surface area contributed by atoms with E-state index < -0.39 is 17.5 Å². The normalized spacial score (nSPS) is 11.4. The second kappa shape index (κ2) is 13.1. The molecule has 0 spiro atoms. The summed E-state index contributed by atoms with van der Waals surface area (Å²) >= 11 is 0. The van der Waals surface area contributed by atoms with Crippen molar-refractivity contribution in [2.24, 2.45) is 0 Å². The van der Waals surface area contributed by atoms with Gasteiger partial charge in [0.2, 0.25) is 0 Å². The van der Waals surface area contributed by atoms with E-state index in [4.69, 9.17) is 9.47 Å². The van der Waals surface area contributed by atoms with Crippen molar-refractivity contribution in [2.45, 2.75) is 85.1 Å². The number of aromatic nitrogens is 3. The minimum absolute atomic E-state index is 0.0212. The lowest BCUT2D eigenvalue weighted by Gasteiger charge is -2.21. The van der Waals surface area contributed by atoms with Crippen molar-refractivity contribution in [3.8, 4) is 5.75 Å². The van der Waals surface area contributed by atoms with Crippen LogP contribution in [0.5, 0.6) is 5.75 Å². The Balaban J connectivity index is 1.65. The zero-order valence-electron chi connectivity index (χ0n) is 22.6. The lowest BCUT2D eigenvalue weighted by atomic mass is 10.1. The molecule has 0 aliphatic carbocycles. The van der Waals surface area contributed by atoms with Gasteiger partial charge in [0, 0.05) is 6.54 Å². The standard InChI is InChI=1S/C29H37N3O6/c1-5-6-7-8-17-31-25(30-32(28(31)36)19-23-11-9-21(2)10-12-23)20-37-26(33)18-22-13-15-24(16-14-22)38-29(3,4)27(34)35/h9-16H,5-8,17-20H2,1-4H3,(H,34,35). The average molecular weight is 524 g/mol. The van der Waals surface area contributed by atoms with Gasteiger partial charge in [-0.05, 0) is 50.5 Å². The highest BCUT2D eigenvalue weighted by Gasteiger charge is 2.29. The predicted molar refractivity (Wildman–Crippen MR) is 143 cm³/mol. The summed E-state index contributed by atoms with van der Waals surface area (Å²) in [5.41, 5.74) is 1.22. The number of unbranched alkanes of at least 4 members (excludes halogenated alkanes) is 3. The Labute approximate surface area is 223 Å². The molecule has 1 aromatic heterocycles. The molecule has 0 radical (unpaired) electrons. The fourth-order valence-corrected chi connectivity index (χ4v) is 3.86. The lowest BCUT2D eigenvalue weighted by Crippen LogP contribution is -2.37. The van der Waals surface area contributed by atoms with Crippen LogP contribution < -0.4 is 10.4 Å². The van der Waals surface area contributed by atoms with Crippen LogP contribution in [0.4, 0.5) is 0 Å². The molecule has 3 aromatic rings. The number of carbonyl (C=O) groups excluding carboxylic acids is 1. The zero-order valence-corrected chi connectivity index (χ0v) is 22.6. The van der Waals surface area contributed by atoms with Gasteiger partial charge in [-0.2, -0.15) is 5.10 Å². The number of aliphatic carboxylic acids is 1. The van der Waals surface area contributed by atoms with E-state index in [1.165, 1.54) is 18.5 Å². The van der Waals surface area contributed by atoms with Gasteiger partial charge in [0.15, 0.2) is 18.0 Å².